The molecular weight excluding hydrogens is 358 g/mol. The van der Waals surface area contributed by atoms with Gasteiger partial charge in [-0.2, -0.15) is 0 Å². The quantitative estimate of drug-likeness (QED) is 0.782. The van der Waals surface area contributed by atoms with Gasteiger partial charge < -0.3 is 14.8 Å². The standard InChI is InChI=1S/C21H31N3O4/c1-27-16-10-11-17(19(13-16)28-2)18-9-6-12-24(18)14-20(25)23-21(26)22-15-7-4-3-5-8-15/h10-11,13,15,18H,3-9,12,14H2,1-2H3,(H2,22,23,25,26)/t18-/m0/s1. The van der Waals surface area contributed by atoms with Gasteiger partial charge in [-0.25, -0.2) is 4.79 Å². The molecule has 0 unspecified atom stereocenters. The molecule has 7 nitrogen and oxygen atoms in total. The Labute approximate surface area is 166 Å². The van der Waals surface area contributed by atoms with Crippen LogP contribution in [0.3, 0.4) is 0 Å². The van der Waals surface area contributed by atoms with Crippen molar-refractivity contribution in [3.63, 3.8) is 0 Å². The van der Waals surface area contributed by atoms with Crippen LogP contribution < -0.4 is 20.1 Å². The van der Waals surface area contributed by atoms with Crippen molar-refractivity contribution in [2.45, 2.75) is 57.0 Å². The predicted molar refractivity (Wildman–Crippen MR) is 107 cm³/mol. The van der Waals surface area contributed by atoms with Crippen LogP contribution in [0.1, 0.15) is 56.6 Å². The van der Waals surface area contributed by atoms with E-state index in [-0.39, 0.29) is 30.6 Å². The third-order valence-corrected chi connectivity index (χ3v) is 5.70. The van der Waals surface area contributed by atoms with E-state index in [2.05, 4.69) is 15.5 Å². The summed E-state index contributed by atoms with van der Waals surface area (Å²) in [4.78, 5) is 26.6. The van der Waals surface area contributed by atoms with E-state index in [1.54, 1.807) is 14.2 Å². The molecule has 3 rings (SSSR count). The first-order valence-electron chi connectivity index (χ1n) is 10.2. The molecule has 1 saturated carbocycles. The molecule has 2 aliphatic rings. The minimum absolute atomic E-state index is 0.0908. The lowest BCUT2D eigenvalue weighted by Gasteiger charge is -2.26. The monoisotopic (exact) mass is 389 g/mol. The lowest BCUT2D eigenvalue weighted by molar-refractivity contribution is -0.121. The molecule has 0 radical (unpaired) electrons. The summed E-state index contributed by atoms with van der Waals surface area (Å²) in [6.07, 6.45) is 7.44. The predicted octanol–water partition coefficient (Wildman–Crippen LogP) is 3.00. The number of imide groups is 1. The summed E-state index contributed by atoms with van der Waals surface area (Å²) in [5, 5.41) is 5.42. The van der Waals surface area contributed by atoms with Gasteiger partial charge in [0.2, 0.25) is 5.91 Å². The van der Waals surface area contributed by atoms with Crippen molar-refractivity contribution in [2.24, 2.45) is 0 Å². The molecule has 1 atom stereocenters. The highest BCUT2D eigenvalue weighted by atomic mass is 16.5. The van der Waals surface area contributed by atoms with Crippen LogP contribution in [0.5, 0.6) is 11.5 Å². The largest absolute Gasteiger partial charge is 0.497 e. The molecule has 1 heterocycles. The molecular formula is C21H31N3O4. The number of nitrogens with zero attached hydrogens (tertiary/aromatic N) is 1. The molecule has 0 bridgehead atoms. The van der Waals surface area contributed by atoms with Crippen LogP contribution in [0.15, 0.2) is 18.2 Å². The summed E-state index contributed by atoms with van der Waals surface area (Å²) in [6, 6.07) is 5.66. The first-order chi connectivity index (χ1) is 13.6. The van der Waals surface area contributed by atoms with Gasteiger partial charge in [-0.1, -0.05) is 25.3 Å². The molecule has 3 amide bonds. The molecule has 1 aliphatic heterocycles. The van der Waals surface area contributed by atoms with Crippen molar-refractivity contribution in [3.8, 4) is 11.5 Å². The zero-order valence-electron chi connectivity index (χ0n) is 16.8. The maximum absolute atomic E-state index is 12.4. The molecule has 7 heteroatoms. The Balaban J connectivity index is 1.57. The van der Waals surface area contributed by atoms with E-state index in [4.69, 9.17) is 9.47 Å². The van der Waals surface area contributed by atoms with Crippen LogP contribution in [0.25, 0.3) is 0 Å². The number of ether oxygens (including phenoxy) is 2. The zero-order valence-corrected chi connectivity index (χ0v) is 16.8. The number of hydrogen-bond acceptors (Lipinski definition) is 5. The highest BCUT2D eigenvalue weighted by molar-refractivity contribution is 5.95. The molecule has 1 saturated heterocycles. The van der Waals surface area contributed by atoms with E-state index in [1.807, 2.05) is 18.2 Å². The van der Waals surface area contributed by atoms with E-state index in [9.17, 15) is 9.59 Å². The lowest BCUT2D eigenvalue weighted by atomic mass is 9.96. The Kier molecular flexibility index (Phi) is 7.14. The Morgan fingerprint density at radius 3 is 2.57 bits per heavy atom. The molecule has 1 aromatic carbocycles. The summed E-state index contributed by atoms with van der Waals surface area (Å²) in [7, 11) is 3.26. The van der Waals surface area contributed by atoms with Crippen LogP contribution >= 0.6 is 0 Å². The molecule has 1 aliphatic carbocycles. The van der Waals surface area contributed by atoms with Crippen LogP contribution in [0.4, 0.5) is 4.79 Å². The number of carbonyl (C=O) groups is 2. The second-order valence-corrected chi connectivity index (χ2v) is 7.59. The van der Waals surface area contributed by atoms with Crippen molar-refractivity contribution in [2.75, 3.05) is 27.3 Å². The molecule has 154 valence electrons. The SMILES string of the molecule is COc1ccc([C@@H]2CCCN2CC(=O)NC(=O)NC2CCCCC2)c(OC)c1. The first-order valence-corrected chi connectivity index (χ1v) is 10.2. The molecule has 28 heavy (non-hydrogen) atoms. The minimum atomic E-state index is -0.380. The number of carbonyl (C=O) groups excluding carboxylic acids is 2. The first kappa shape index (κ1) is 20.5. The molecule has 1 aromatic rings. The van der Waals surface area contributed by atoms with Gasteiger partial charge in [0.1, 0.15) is 11.5 Å². The van der Waals surface area contributed by atoms with Gasteiger partial charge in [0, 0.05) is 23.7 Å². The second kappa shape index (κ2) is 9.78. The Bertz CT molecular complexity index is 688. The van der Waals surface area contributed by atoms with E-state index in [1.165, 1.54) is 6.42 Å². The minimum Gasteiger partial charge on any atom is -0.497 e. The third-order valence-electron chi connectivity index (χ3n) is 5.70. The summed E-state index contributed by atoms with van der Waals surface area (Å²) in [5.41, 5.74) is 1.04. The van der Waals surface area contributed by atoms with Crippen LogP contribution in [0, 0.1) is 0 Å². The van der Waals surface area contributed by atoms with Crippen LogP contribution in [-0.4, -0.2) is 50.2 Å². The third kappa shape index (κ3) is 5.16. The Hall–Kier alpha value is -2.28. The zero-order chi connectivity index (χ0) is 19.9. The van der Waals surface area contributed by atoms with Gasteiger partial charge >= 0.3 is 6.03 Å². The Morgan fingerprint density at radius 1 is 1.07 bits per heavy atom. The van der Waals surface area contributed by atoms with E-state index >= 15 is 0 Å². The maximum atomic E-state index is 12.4. The van der Waals surface area contributed by atoms with Crippen molar-refractivity contribution in [1.82, 2.24) is 15.5 Å². The summed E-state index contributed by atoms with van der Waals surface area (Å²) in [5.74, 6) is 1.22. The number of hydrogen-bond donors (Lipinski definition) is 2. The number of urea groups is 1. The highest BCUT2D eigenvalue weighted by Crippen LogP contribution is 2.38. The number of benzene rings is 1. The van der Waals surface area contributed by atoms with Crippen molar-refractivity contribution < 1.29 is 19.1 Å². The van der Waals surface area contributed by atoms with Gasteiger partial charge in [0.05, 0.1) is 20.8 Å². The Morgan fingerprint density at radius 2 is 1.86 bits per heavy atom. The highest BCUT2D eigenvalue weighted by Gasteiger charge is 2.30. The maximum Gasteiger partial charge on any atom is 0.321 e. The average molecular weight is 389 g/mol. The number of likely N-dealkylation sites (tertiary alicyclic amines) is 1. The van der Waals surface area contributed by atoms with Crippen molar-refractivity contribution in [1.29, 1.82) is 0 Å². The fourth-order valence-electron chi connectivity index (χ4n) is 4.28. The fourth-order valence-corrected chi connectivity index (χ4v) is 4.28. The molecule has 0 aromatic heterocycles. The molecule has 2 N–H and O–H groups in total. The smallest absolute Gasteiger partial charge is 0.321 e. The van der Waals surface area contributed by atoms with Crippen LogP contribution in [-0.2, 0) is 4.79 Å². The van der Waals surface area contributed by atoms with E-state index in [0.717, 1.165) is 62.1 Å². The van der Waals surface area contributed by atoms with Gasteiger partial charge in [-0.05, 0) is 38.3 Å². The van der Waals surface area contributed by atoms with Gasteiger partial charge in [0.25, 0.3) is 0 Å². The number of rotatable bonds is 6. The topological polar surface area (TPSA) is 79.9 Å². The van der Waals surface area contributed by atoms with Gasteiger partial charge in [0.15, 0.2) is 0 Å². The summed E-state index contributed by atoms with van der Waals surface area (Å²) < 4.78 is 10.8. The van der Waals surface area contributed by atoms with E-state index in [0.29, 0.717) is 0 Å². The van der Waals surface area contributed by atoms with Gasteiger partial charge in [-0.3, -0.25) is 15.0 Å². The number of methoxy groups -OCH3 is 2. The average Bonchev–Trinajstić information content (AvgIpc) is 3.15. The van der Waals surface area contributed by atoms with Crippen molar-refractivity contribution in [3.05, 3.63) is 23.8 Å². The molecule has 0 spiro atoms. The summed E-state index contributed by atoms with van der Waals surface area (Å²) in [6.45, 7) is 1.01. The summed E-state index contributed by atoms with van der Waals surface area (Å²) >= 11 is 0. The van der Waals surface area contributed by atoms with Gasteiger partial charge in [-0.15, -0.1) is 0 Å². The normalized spacial score (nSPS) is 20.6. The number of amides is 3. The molecule has 2 fully saturated rings. The number of nitrogens with one attached hydrogen (secondary N) is 2. The second-order valence-electron chi connectivity index (χ2n) is 7.59. The fraction of sp³-hybridized carbons (Fsp3) is 0.619. The lowest BCUT2D eigenvalue weighted by Crippen LogP contribution is -2.48. The van der Waals surface area contributed by atoms with Crippen LogP contribution in [0.2, 0.25) is 0 Å². The van der Waals surface area contributed by atoms with E-state index < -0.39 is 0 Å². The van der Waals surface area contributed by atoms with Crippen molar-refractivity contribution >= 4 is 11.9 Å².